The van der Waals surface area contributed by atoms with Gasteiger partial charge in [-0.2, -0.15) is 0 Å². The largest absolute Gasteiger partial charge is 0.394 e. The highest BCUT2D eigenvalue weighted by Gasteiger charge is 2.29. The van der Waals surface area contributed by atoms with E-state index in [1.165, 1.54) is 6.92 Å². The number of H-pyrrole nitrogens is 1. The Kier molecular flexibility index (Phi) is 4.97. The van der Waals surface area contributed by atoms with Crippen LogP contribution in [0.2, 0.25) is 0 Å². The Bertz CT molecular complexity index is 418. The van der Waals surface area contributed by atoms with Crippen LogP contribution in [0.4, 0.5) is 0 Å². The normalized spacial score (nSPS) is 16.3. The number of hydrogen-bond acceptors (Lipinski definition) is 6. The topological polar surface area (TPSA) is 127 Å². The van der Waals surface area contributed by atoms with Crippen molar-refractivity contribution in [3.05, 3.63) is 17.2 Å². The summed E-state index contributed by atoms with van der Waals surface area (Å²) in [7, 11) is 0. The summed E-state index contributed by atoms with van der Waals surface area (Å²) in [4.78, 5) is 17.8. The maximum Gasteiger partial charge on any atom is 0.194 e. The van der Waals surface area contributed by atoms with E-state index in [1.807, 2.05) is 0 Å². The number of aryl methyl sites for hydroxylation is 1. The van der Waals surface area contributed by atoms with E-state index in [0.717, 1.165) is 0 Å². The zero-order chi connectivity index (χ0) is 13.9. The van der Waals surface area contributed by atoms with Gasteiger partial charge < -0.3 is 25.4 Å². The van der Waals surface area contributed by atoms with Crippen LogP contribution in [0.5, 0.6) is 0 Å². The fraction of sp³-hybridized carbons (Fsp3) is 0.636. The summed E-state index contributed by atoms with van der Waals surface area (Å²) < 4.78 is 0. The molecule has 0 saturated carbocycles. The van der Waals surface area contributed by atoms with Crippen LogP contribution in [0.15, 0.2) is 0 Å². The molecule has 18 heavy (non-hydrogen) atoms. The molecule has 0 spiro atoms. The molecule has 0 unspecified atom stereocenters. The number of aliphatic hydroxyl groups excluding tert-OH is 4. The lowest BCUT2D eigenvalue weighted by Gasteiger charge is -2.20. The average molecular weight is 258 g/mol. The van der Waals surface area contributed by atoms with Crippen LogP contribution < -0.4 is 0 Å². The fourth-order valence-electron chi connectivity index (χ4n) is 1.58. The van der Waals surface area contributed by atoms with Gasteiger partial charge in [0.1, 0.15) is 18.3 Å². The van der Waals surface area contributed by atoms with E-state index in [-0.39, 0.29) is 17.3 Å². The Morgan fingerprint density at radius 3 is 2.44 bits per heavy atom. The van der Waals surface area contributed by atoms with Gasteiger partial charge in [-0.1, -0.05) is 6.92 Å². The molecule has 0 aromatic carbocycles. The van der Waals surface area contributed by atoms with E-state index in [1.54, 1.807) is 6.92 Å². The first kappa shape index (κ1) is 14.8. The van der Waals surface area contributed by atoms with Gasteiger partial charge in [0.15, 0.2) is 11.6 Å². The SMILES string of the molecule is CCc1[nH]c(C(C)=O)nc1[C@@H](O)[C@H](O)[C@H](O)CO. The molecule has 0 aliphatic carbocycles. The molecular weight excluding hydrogens is 240 g/mol. The van der Waals surface area contributed by atoms with Gasteiger partial charge in [-0.25, -0.2) is 4.98 Å². The number of aromatic amines is 1. The van der Waals surface area contributed by atoms with E-state index in [4.69, 9.17) is 5.11 Å². The van der Waals surface area contributed by atoms with Gasteiger partial charge in [-0.05, 0) is 6.42 Å². The third-order valence-electron chi connectivity index (χ3n) is 2.68. The maximum atomic E-state index is 11.2. The molecule has 7 heteroatoms. The summed E-state index contributed by atoms with van der Waals surface area (Å²) in [6.45, 7) is 2.44. The molecule has 0 amide bonds. The van der Waals surface area contributed by atoms with Crippen molar-refractivity contribution in [2.45, 2.75) is 38.6 Å². The minimum absolute atomic E-state index is 0.0894. The maximum absolute atomic E-state index is 11.2. The molecule has 0 saturated heterocycles. The lowest BCUT2D eigenvalue weighted by Crippen LogP contribution is -2.35. The minimum atomic E-state index is -1.57. The highest BCUT2D eigenvalue weighted by atomic mass is 16.4. The molecule has 1 aromatic heterocycles. The van der Waals surface area contributed by atoms with Crippen molar-refractivity contribution >= 4 is 5.78 Å². The number of aliphatic hydroxyl groups is 4. The third kappa shape index (κ3) is 2.94. The zero-order valence-corrected chi connectivity index (χ0v) is 10.3. The lowest BCUT2D eigenvalue weighted by molar-refractivity contribution is -0.0790. The summed E-state index contributed by atoms with van der Waals surface area (Å²) >= 11 is 0. The molecule has 7 nitrogen and oxygen atoms in total. The predicted octanol–water partition coefficient (Wildman–Crippen LogP) is -1.08. The van der Waals surface area contributed by atoms with Gasteiger partial charge in [0.2, 0.25) is 0 Å². The van der Waals surface area contributed by atoms with Crippen LogP contribution >= 0.6 is 0 Å². The van der Waals surface area contributed by atoms with Crippen molar-refractivity contribution in [1.82, 2.24) is 9.97 Å². The number of aromatic nitrogens is 2. The zero-order valence-electron chi connectivity index (χ0n) is 10.3. The second-order valence-corrected chi connectivity index (χ2v) is 4.04. The van der Waals surface area contributed by atoms with Crippen LogP contribution in [0.25, 0.3) is 0 Å². The standard InChI is InChI=1S/C11H18N2O5/c1-3-6-8(13-11(12-6)5(2)15)10(18)9(17)7(16)4-14/h7,9-10,14,16-18H,3-4H2,1-2H3,(H,12,13)/t7-,9-,10-/m1/s1. The Labute approximate surface area is 104 Å². The molecular formula is C11H18N2O5. The number of hydrogen-bond donors (Lipinski definition) is 5. The molecule has 5 N–H and O–H groups in total. The number of carbonyl (C=O) groups excluding carboxylic acids is 1. The molecule has 0 bridgehead atoms. The molecule has 0 aliphatic heterocycles. The molecule has 1 rings (SSSR count). The van der Waals surface area contributed by atoms with Crippen molar-refractivity contribution < 1.29 is 25.2 Å². The van der Waals surface area contributed by atoms with Gasteiger partial charge in [0.05, 0.1) is 12.3 Å². The van der Waals surface area contributed by atoms with Crippen LogP contribution in [0, 0.1) is 0 Å². The third-order valence-corrected chi connectivity index (χ3v) is 2.68. The summed E-state index contributed by atoms with van der Waals surface area (Å²) in [5, 5.41) is 37.5. The smallest absolute Gasteiger partial charge is 0.194 e. The van der Waals surface area contributed by atoms with Crippen LogP contribution in [-0.2, 0) is 6.42 Å². The first-order valence-electron chi connectivity index (χ1n) is 5.67. The number of nitrogens with one attached hydrogen (secondary N) is 1. The summed E-state index contributed by atoms with van der Waals surface area (Å²) in [6, 6.07) is 0. The molecule has 3 atom stereocenters. The number of imidazole rings is 1. The van der Waals surface area contributed by atoms with Crippen LogP contribution in [-0.4, -0.2) is 55.0 Å². The molecule has 0 radical (unpaired) electrons. The number of rotatable bonds is 6. The van der Waals surface area contributed by atoms with E-state index in [2.05, 4.69) is 9.97 Å². The molecule has 0 fully saturated rings. The highest BCUT2D eigenvalue weighted by molar-refractivity contribution is 5.90. The van der Waals surface area contributed by atoms with Crippen molar-refractivity contribution in [2.75, 3.05) is 6.61 Å². The second kappa shape index (κ2) is 6.05. The molecule has 1 aromatic rings. The fourth-order valence-corrected chi connectivity index (χ4v) is 1.58. The predicted molar refractivity (Wildman–Crippen MR) is 62.0 cm³/mol. The lowest BCUT2D eigenvalue weighted by atomic mass is 10.0. The van der Waals surface area contributed by atoms with Crippen LogP contribution in [0.3, 0.4) is 0 Å². The quantitative estimate of drug-likeness (QED) is 0.413. The van der Waals surface area contributed by atoms with E-state index < -0.39 is 24.9 Å². The van der Waals surface area contributed by atoms with Crippen molar-refractivity contribution in [1.29, 1.82) is 0 Å². The van der Waals surface area contributed by atoms with Gasteiger partial charge in [0.25, 0.3) is 0 Å². The Morgan fingerprint density at radius 2 is 2.00 bits per heavy atom. The summed E-state index contributed by atoms with van der Waals surface area (Å²) in [5.41, 5.74) is 0.625. The molecule has 1 heterocycles. The summed E-state index contributed by atoms with van der Waals surface area (Å²) in [6.07, 6.45) is -4.02. The number of Topliss-reactive ketones (excluding diaryl/α,β-unsaturated/α-hetero) is 1. The number of carbonyl (C=O) groups is 1. The van der Waals surface area contributed by atoms with E-state index in [0.29, 0.717) is 12.1 Å². The number of ketones is 1. The van der Waals surface area contributed by atoms with Crippen LogP contribution in [0.1, 0.15) is 42.0 Å². The Hall–Kier alpha value is -1.28. The van der Waals surface area contributed by atoms with Gasteiger partial charge in [0, 0.05) is 12.6 Å². The monoisotopic (exact) mass is 258 g/mol. The molecule has 102 valence electrons. The first-order chi connectivity index (χ1) is 8.42. The van der Waals surface area contributed by atoms with Gasteiger partial charge >= 0.3 is 0 Å². The van der Waals surface area contributed by atoms with E-state index >= 15 is 0 Å². The van der Waals surface area contributed by atoms with E-state index in [9.17, 15) is 20.1 Å². The molecule has 0 aliphatic rings. The van der Waals surface area contributed by atoms with Crippen molar-refractivity contribution in [2.24, 2.45) is 0 Å². The first-order valence-corrected chi connectivity index (χ1v) is 5.67. The van der Waals surface area contributed by atoms with Gasteiger partial charge in [-0.3, -0.25) is 4.79 Å². The van der Waals surface area contributed by atoms with Crippen molar-refractivity contribution in [3.8, 4) is 0 Å². The summed E-state index contributed by atoms with van der Waals surface area (Å²) in [5.74, 6) is -0.202. The Balaban J connectivity index is 3.04. The highest BCUT2D eigenvalue weighted by Crippen LogP contribution is 2.21. The van der Waals surface area contributed by atoms with Crippen molar-refractivity contribution in [3.63, 3.8) is 0 Å². The number of nitrogens with zero attached hydrogens (tertiary/aromatic N) is 1. The second-order valence-electron chi connectivity index (χ2n) is 4.04. The minimum Gasteiger partial charge on any atom is -0.394 e. The average Bonchev–Trinajstić information content (AvgIpc) is 2.80. The van der Waals surface area contributed by atoms with Gasteiger partial charge in [-0.15, -0.1) is 0 Å². The Morgan fingerprint density at radius 1 is 1.39 bits per heavy atom.